The molecule has 1 aliphatic rings. The third-order valence-corrected chi connectivity index (χ3v) is 3.41. The zero-order valence-corrected chi connectivity index (χ0v) is 9.88. The number of hydrogen-bond acceptors (Lipinski definition) is 2. The molecule has 2 heterocycles. The molecule has 4 heteroatoms. The molecule has 1 atom stereocenters. The molecule has 4 nitrogen and oxygen atoms in total. The lowest BCUT2D eigenvalue weighted by molar-refractivity contribution is 0.201. The van der Waals surface area contributed by atoms with E-state index in [1.165, 1.54) is 0 Å². The van der Waals surface area contributed by atoms with E-state index in [9.17, 15) is 4.79 Å². The lowest BCUT2D eigenvalue weighted by Gasteiger charge is -2.16. The van der Waals surface area contributed by atoms with E-state index in [2.05, 4.69) is 0 Å². The Hall–Kier alpha value is -1.97. The standard InChI is InChI=1S/C13H14N2O2/c1-14-7-11(15(2)13(14)16)10-8-17-12-6-4-3-5-9(10)12/h3-6,8,11H,7H2,1-2H3. The molecule has 0 spiro atoms. The van der Waals surface area contributed by atoms with E-state index in [0.29, 0.717) is 6.54 Å². The summed E-state index contributed by atoms with van der Waals surface area (Å²) in [5, 5.41) is 1.09. The molecule has 2 aromatic rings. The Kier molecular flexibility index (Phi) is 2.11. The van der Waals surface area contributed by atoms with Gasteiger partial charge in [-0.1, -0.05) is 18.2 Å². The van der Waals surface area contributed by atoms with Gasteiger partial charge in [0, 0.05) is 31.6 Å². The van der Waals surface area contributed by atoms with Crippen LogP contribution in [-0.4, -0.2) is 36.5 Å². The molecule has 1 aliphatic heterocycles. The first-order valence-electron chi connectivity index (χ1n) is 5.62. The lowest BCUT2D eigenvalue weighted by atomic mass is 10.1. The van der Waals surface area contributed by atoms with Crippen LogP contribution in [-0.2, 0) is 0 Å². The third-order valence-electron chi connectivity index (χ3n) is 3.41. The number of nitrogens with zero attached hydrogens (tertiary/aromatic N) is 2. The number of rotatable bonds is 1. The van der Waals surface area contributed by atoms with Crippen LogP contribution in [0.25, 0.3) is 11.0 Å². The Morgan fingerprint density at radius 3 is 2.76 bits per heavy atom. The summed E-state index contributed by atoms with van der Waals surface area (Å²) in [6.07, 6.45) is 1.76. The second-order valence-electron chi connectivity index (χ2n) is 4.48. The number of urea groups is 1. The fourth-order valence-electron chi connectivity index (χ4n) is 2.43. The van der Waals surface area contributed by atoms with Crippen molar-refractivity contribution in [3.63, 3.8) is 0 Å². The monoisotopic (exact) mass is 230 g/mol. The number of furan rings is 1. The maximum absolute atomic E-state index is 11.8. The highest BCUT2D eigenvalue weighted by Crippen LogP contribution is 2.33. The molecule has 0 saturated carbocycles. The van der Waals surface area contributed by atoms with Crippen LogP contribution >= 0.6 is 0 Å². The predicted molar refractivity (Wildman–Crippen MR) is 64.7 cm³/mol. The number of para-hydroxylation sites is 1. The largest absolute Gasteiger partial charge is 0.464 e. The van der Waals surface area contributed by atoms with Crippen molar-refractivity contribution >= 4 is 17.0 Å². The van der Waals surface area contributed by atoms with Crippen LogP contribution in [0.4, 0.5) is 4.79 Å². The van der Waals surface area contributed by atoms with Crippen molar-refractivity contribution in [2.45, 2.75) is 6.04 Å². The number of carbonyl (C=O) groups is 1. The quantitative estimate of drug-likeness (QED) is 0.754. The molecule has 1 unspecified atom stereocenters. The van der Waals surface area contributed by atoms with E-state index < -0.39 is 0 Å². The van der Waals surface area contributed by atoms with Crippen molar-refractivity contribution in [2.75, 3.05) is 20.6 Å². The smallest absolute Gasteiger partial charge is 0.320 e. The summed E-state index contributed by atoms with van der Waals surface area (Å²) < 4.78 is 5.52. The number of carbonyl (C=O) groups excluding carboxylic acids is 1. The second kappa shape index (κ2) is 3.52. The zero-order chi connectivity index (χ0) is 12.0. The van der Waals surface area contributed by atoms with Gasteiger partial charge in [-0.3, -0.25) is 0 Å². The van der Waals surface area contributed by atoms with Gasteiger partial charge in [0.1, 0.15) is 5.58 Å². The lowest BCUT2D eigenvalue weighted by Crippen LogP contribution is -2.26. The van der Waals surface area contributed by atoms with Crippen LogP contribution in [0, 0.1) is 0 Å². The fraction of sp³-hybridized carbons (Fsp3) is 0.308. The van der Waals surface area contributed by atoms with Crippen LogP contribution in [0.3, 0.4) is 0 Å². The first kappa shape index (κ1) is 10.2. The first-order valence-corrected chi connectivity index (χ1v) is 5.62. The summed E-state index contributed by atoms with van der Waals surface area (Å²) in [5.74, 6) is 0. The van der Waals surface area contributed by atoms with Gasteiger partial charge in [0.05, 0.1) is 12.3 Å². The topological polar surface area (TPSA) is 36.7 Å². The van der Waals surface area contributed by atoms with Gasteiger partial charge in [0.25, 0.3) is 0 Å². The Balaban J connectivity index is 2.08. The highest BCUT2D eigenvalue weighted by atomic mass is 16.3. The minimum Gasteiger partial charge on any atom is -0.464 e. The minimum absolute atomic E-state index is 0.0558. The average molecular weight is 230 g/mol. The normalized spacial score (nSPS) is 20.6. The number of amides is 2. The van der Waals surface area contributed by atoms with Gasteiger partial charge in [0.15, 0.2) is 0 Å². The SMILES string of the molecule is CN1CC(c2coc3ccccc23)N(C)C1=O. The van der Waals surface area contributed by atoms with Crippen molar-refractivity contribution in [3.05, 3.63) is 36.1 Å². The molecule has 1 aromatic carbocycles. The Labute approximate surface area is 99.4 Å². The van der Waals surface area contributed by atoms with Crippen molar-refractivity contribution in [1.29, 1.82) is 0 Å². The summed E-state index contributed by atoms with van der Waals surface area (Å²) in [5.41, 5.74) is 1.96. The van der Waals surface area contributed by atoms with E-state index in [0.717, 1.165) is 16.5 Å². The van der Waals surface area contributed by atoms with Gasteiger partial charge in [-0.2, -0.15) is 0 Å². The van der Waals surface area contributed by atoms with Crippen molar-refractivity contribution in [2.24, 2.45) is 0 Å². The second-order valence-corrected chi connectivity index (χ2v) is 4.48. The van der Waals surface area contributed by atoms with Crippen LogP contribution in [0.2, 0.25) is 0 Å². The van der Waals surface area contributed by atoms with Crippen LogP contribution < -0.4 is 0 Å². The van der Waals surface area contributed by atoms with Crippen molar-refractivity contribution in [3.8, 4) is 0 Å². The average Bonchev–Trinajstić information content (AvgIpc) is 2.86. The molecule has 3 rings (SSSR count). The maximum atomic E-state index is 11.8. The van der Waals surface area contributed by atoms with Crippen molar-refractivity contribution in [1.82, 2.24) is 9.80 Å². The molecule has 1 fully saturated rings. The molecule has 88 valence electrons. The molecular formula is C13H14N2O2. The van der Waals surface area contributed by atoms with Crippen molar-refractivity contribution < 1.29 is 9.21 Å². The molecule has 1 saturated heterocycles. The highest BCUT2D eigenvalue weighted by Gasteiger charge is 2.34. The summed E-state index contributed by atoms with van der Waals surface area (Å²) in [4.78, 5) is 15.3. The number of fused-ring (bicyclic) bond motifs is 1. The van der Waals surface area contributed by atoms with Crippen LogP contribution in [0.15, 0.2) is 34.9 Å². The molecule has 2 amide bonds. The van der Waals surface area contributed by atoms with E-state index >= 15 is 0 Å². The molecule has 0 N–H and O–H groups in total. The fourth-order valence-corrected chi connectivity index (χ4v) is 2.43. The Bertz CT molecular complexity index is 576. The minimum atomic E-state index is 0.0558. The van der Waals surface area contributed by atoms with Gasteiger partial charge in [0.2, 0.25) is 0 Å². The van der Waals surface area contributed by atoms with Crippen LogP contribution in [0.1, 0.15) is 11.6 Å². The molecule has 0 aliphatic carbocycles. The van der Waals surface area contributed by atoms with E-state index in [1.54, 1.807) is 16.1 Å². The van der Waals surface area contributed by atoms with Gasteiger partial charge in [-0.05, 0) is 6.07 Å². The van der Waals surface area contributed by atoms with Gasteiger partial charge in [-0.15, -0.1) is 0 Å². The third kappa shape index (κ3) is 1.40. The number of likely N-dealkylation sites (N-methyl/N-ethyl adjacent to an activating group) is 2. The summed E-state index contributed by atoms with van der Waals surface area (Å²) in [6, 6.07) is 8.05. The predicted octanol–water partition coefficient (Wildman–Crippen LogP) is 2.47. The first-order chi connectivity index (χ1) is 8.18. The van der Waals surface area contributed by atoms with Crippen LogP contribution in [0.5, 0.6) is 0 Å². The van der Waals surface area contributed by atoms with Gasteiger partial charge < -0.3 is 14.2 Å². The highest BCUT2D eigenvalue weighted by molar-refractivity contribution is 5.84. The van der Waals surface area contributed by atoms with Gasteiger partial charge >= 0.3 is 6.03 Å². The Morgan fingerprint density at radius 1 is 1.29 bits per heavy atom. The maximum Gasteiger partial charge on any atom is 0.320 e. The zero-order valence-electron chi connectivity index (χ0n) is 9.88. The number of hydrogen-bond donors (Lipinski definition) is 0. The van der Waals surface area contributed by atoms with Gasteiger partial charge in [-0.25, -0.2) is 4.79 Å². The van der Waals surface area contributed by atoms with E-state index in [-0.39, 0.29) is 12.1 Å². The molecular weight excluding hydrogens is 216 g/mol. The van der Waals surface area contributed by atoms with E-state index in [4.69, 9.17) is 4.42 Å². The Morgan fingerprint density at radius 2 is 2.06 bits per heavy atom. The number of benzene rings is 1. The molecule has 0 radical (unpaired) electrons. The summed E-state index contributed by atoms with van der Waals surface area (Å²) in [6.45, 7) is 0.707. The molecule has 0 bridgehead atoms. The molecule has 17 heavy (non-hydrogen) atoms. The van der Waals surface area contributed by atoms with E-state index in [1.807, 2.05) is 38.4 Å². The summed E-state index contributed by atoms with van der Waals surface area (Å²) in [7, 11) is 3.65. The summed E-state index contributed by atoms with van der Waals surface area (Å²) >= 11 is 0. The molecule has 1 aromatic heterocycles.